The molecule has 0 spiro atoms. The van der Waals surface area contributed by atoms with Gasteiger partial charge in [0.1, 0.15) is 5.82 Å². The molecular weight excluding hydrogens is 342 g/mol. The van der Waals surface area contributed by atoms with Crippen LogP contribution in [0.2, 0.25) is 0 Å². The van der Waals surface area contributed by atoms with E-state index in [1.54, 1.807) is 43.1 Å². The zero-order chi connectivity index (χ0) is 18.5. The lowest BCUT2D eigenvalue weighted by Gasteiger charge is -2.35. The van der Waals surface area contributed by atoms with Gasteiger partial charge in [0.15, 0.2) is 0 Å². The van der Waals surface area contributed by atoms with Gasteiger partial charge in [-0.3, -0.25) is 19.7 Å². The number of rotatable bonds is 5. The number of hydrogen-bond donors (Lipinski definition) is 0. The van der Waals surface area contributed by atoms with Gasteiger partial charge in [-0.1, -0.05) is 0 Å². The molecule has 0 saturated carbocycles. The van der Waals surface area contributed by atoms with Crippen molar-refractivity contribution < 1.29 is 0 Å². The highest BCUT2D eigenvalue weighted by atomic mass is 16.1. The minimum Gasteiger partial charge on any atom is -0.353 e. The van der Waals surface area contributed by atoms with Crippen LogP contribution in [0.5, 0.6) is 0 Å². The molecule has 0 unspecified atom stereocenters. The monoisotopic (exact) mass is 363 g/mol. The number of nitrogens with zero attached hydrogens (tertiary/aromatic N) is 7. The van der Waals surface area contributed by atoms with Crippen molar-refractivity contribution in [3.8, 4) is 11.3 Å². The molecule has 8 nitrogen and oxygen atoms in total. The molecule has 1 saturated heterocycles. The van der Waals surface area contributed by atoms with E-state index in [1.165, 1.54) is 4.68 Å². The van der Waals surface area contributed by atoms with E-state index in [1.807, 2.05) is 12.1 Å². The van der Waals surface area contributed by atoms with Gasteiger partial charge in [-0.05, 0) is 18.2 Å². The van der Waals surface area contributed by atoms with Crippen molar-refractivity contribution in [2.24, 2.45) is 0 Å². The van der Waals surface area contributed by atoms with Gasteiger partial charge >= 0.3 is 0 Å². The second-order valence-electron chi connectivity index (χ2n) is 6.41. The normalized spacial score (nSPS) is 15.0. The van der Waals surface area contributed by atoms with Crippen molar-refractivity contribution in [2.45, 2.75) is 6.54 Å². The van der Waals surface area contributed by atoms with Crippen LogP contribution in [-0.2, 0) is 6.54 Å². The third-order valence-electron chi connectivity index (χ3n) is 4.70. The molecule has 1 aliphatic heterocycles. The van der Waals surface area contributed by atoms with Gasteiger partial charge in [-0.25, -0.2) is 9.67 Å². The molecule has 3 aromatic rings. The van der Waals surface area contributed by atoms with Gasteiger partial charge in [0, 0.05) is 69.1 Å². The fourth-order valence-corrected chi connectivity index (χ4v) is 3.17. The third kappa shape index (κ3) is 4.17. The first-order chi connectivity index (χ1) is 13.3. The van der Waals surface area contributed by atoms with Crippen LogP contribution in [0.4, 0.5) is 5.82 Å². The molecule has 8 heteroatoms. The van der Waals surface area contributed by atoms with E-state index in [-0.39, 0.29) is 5.56 Å². The van der Waals surface area contributed by atoms with Crippen LogP contribution in [0.15, 0.2) is 60.0 Å². The average Bonchev–Trinajstić information content (AvgIpc) is 2.75. The summed E-state index contributed by atoms with van der Waals surface area (Å²) in [6.45, 7) is 5.00. The standard InChI is InChI=1S/C19H21N7O/c27-19-4-3-17(16-2-1-5-20-14-16)23-26(19)13-10-24-8-11-25(12-9-24)18-15-21-6-7-22-18/h1-7,14-15H,8-13H2. The van der Waals surface area contributed by atoms with Crippen LogP contribution >= 0.6 is 0 Å². The number of anilines is 1. The Kier molecular flexibility index (Phi) is 5.15. The Balaban J connectivity index is 1.36. The molecule has 0 amide bonds. The largest absolute Gasteiger partial charge is 0.353 e. The number of piperazine rings is 1. The molecule has 3 aromatic heterocycles. The first kappa shape index (κ1) is 17.3. The van der Waals surface area contributed by atoms with E-state index < -0.39 is 0 Å². The quantitative estimate of drug-likeness (QED) is 0.667. The van der Waals surface area contributed by atoms with Crippen LogP contribution in [0.25, 0.3) is 11.3 Å². The smallest absolute Gasteiger partial charge is 0.266 e. The predicted octanol–water partition coefficient (Wildman–Crippen LogP) is 0.917. The number of aromatic nitrogens is 5. The van der Waals surface area contributed by atoms with Crippen molar-refractivity contribution >= 4 is 5.82 Å². The van der Waals surface area contributed by atoms with Crippen LogP contribution in [0.1, 0.15) is 0 Å². The fraction of sp³-hybridized carbons (Fsp3) is 0.316. The molecule has 0 bridgehead atoms. The van der Waals surface area contributed by atoms with Crippen LogP contribution in [-0.4, -0.2) is 62.4 Å². The average molecular weight is 363 g/mol. The summed E-state index contributed by atoms with van der Waals surface area (Å²) in [7, 11) is 0. The summed E-state index contributed by atoms with van der Waals surface area (Å²) in [5.74, 6) is 0.916. The number of pyridine rings is 1. The minimum atomic E-state index is -0.0826. The summed E-state index contributed by atoms with van der Waals surface area (Å²) in [5.41, 5.74) is 1.58. The van der Waals surface area contributed by atoms with E-state index >= 15 is 0 Å². The highest BCUT2D eigenvalue weighted by Gasteiger charge is 2.18. The molecule has 138 valence electrons. The lowest BCUT2D eigenvalue weighted by atomic mass is 10.2. The molecule has 4 heterocycles. The Morgan fingerprint density at radius 2 is 1.74 bits per heavy atom. The summed E-state index contributed by atoms with van der Waals surface area (Å²) >= 11 is 0. The Morgan fingerprint density at radius 3 is 2.48 bits per heavy atom. The van der Waals surface area contributed by atoms with Crippen LogP contribution in [0.3, 0.4) is 0 Å². The lowest BCUT2D eigenvalue weighted by molar-refractivity contribution is 0.242. The zero-order valence-electron chi connectivity index (χ0n) is 15.0. The molecule has 1 fully saturated rings. The van der Waals surface area contributed by atoms with Gasteiger partial charge in [-0.15, -0.1) is 0 Å². The minimum absolute atomic E-state index is 0.0826. The zero-order valence-corrected chi connectivity index (χ0v) is 15.0. The Bertz CT molecular complexity index is 922. The van der Waals surface area contributed by atoms with Crippen molar-refractivity contribution in [3.05, 3.63) is 65.6 Å². The summed E-state index contributed by atoms with van der Waals surface area (Å²) in [4.78, 5) is 29.3. The fourth-order valence-electron chi connectivity index (χ4n) is 3.17. The van der Waals surface area contributed by atoms with Crippen molar-refractivity contribution in [1.29, 1.82) is 0 Å². The molecule has 0 aromatic carbocycles. The third-order valence-corrected chi connectivity index (χ3v) is 4.70. The van der Waals surface area contributed by atoms with Gasteiger partial charge < -0.3 is 4.90 Å². The molecule has 1 aliphatic rings. The lowest BCUT2D eigenvalue weighted by Crippen LogP contribution is -2.48. The SMILES string of the molecule is O=c1ccc(-c2cccnc2)nn1CCN1CCN(c2cnccn2)CC1. The number of hydrogen-bond acceptors (Lipinski definition) is 7. The second kappa shape index (κ2) is 8.05. The maximum absolute atomic E-state index is 12.2. The highest BCUT2D eigenvalue weighted by Crippen LogP contribution is 2.13. The van der Waals surface area contributed by atoms with Crippen LogP contribution in [0, 0.1) is 0 Å². The van der Waals surface area contributed by atoms with Gasteiger partial charge in [0.2, 0.25) is 0 Å². The molecule has 4 rings (SSSR count). The van der Waals surface area contributed by atoms with E-state index in [4.69, 9.17) is 0 Å². The molecule has 0 radical (unpaired) electrons. The maximum atomic E-state index is 12.2. The molecule has 0 N–H and O–H groups in total. The summed E-state index contributed by atoms with van der Waals surface area (Å²) < 4.78 is 1.54. The summed E-state index contributed by atoms with van der Waals surface area (Å²) in [6.07, 6.45) is 8.67. The van der Waals surface area contributed by atoms with E-state index in [2.05, 4.69) is 29.9 Å². The first-order valence-corrected chi connectivity index (χ1v) is 9.01. The summed E-state index contributed by atoms with van der Waals surface area (Å²) in [5, 5.41) is 4.50. The van der Waals surface area contributed by atoms with E-state index in [0.717, 1.165) is 49.8 Å². The Hall–Kier alpha value is -3.13. The summed E-state index contributed by atoms with van der Waals surface area (Å²) in [6, 6.07) is 7.12. The highest BCUT2D eigenvalue weighted by molar-refractivity contribution is 5.56. The van der Waals surface area contributed by atoms with Crippen LogP contribution < -0.4 is 10.5 Å². The van der Waals surface area contributed by atoms with Crippen molar-refractivity contribution in [2.75, 3.05) is 37.6 Å². The van der Waals surface area contributed by atoms with E-state index in [0.29, 0.717) is 6.54 Å². The first-order valence-electron chi connectivity index (χ1n) is 9.01. The maximum Gasteiger partial charge on any atom is 0.266 e. The Morgan fingerprint density at radius 1 is 0.889 bits per heavy atom. The van der Waals surface area contributed by atoms with Crippen molar-refractivity contribution in [3.63, 3.8) is 0 Å². The molecule has 27 heavy (non-hydrogen) atoms. The predicted molar refractivity (Wildman–Crippen MR) is 102 cm³/mol. The van der Waals surface area contributed by atoms with E-state index in [9.17, 15) is 4.79 Å². The molecular formula is C19H21N7O. The topological polar surface area (TPSA) is 80.0 Å². The van der Waals surface area contributed by atoms with Crippen molar-refractivity contribution in [1.82, 2.24) is 29.6 Å². The Labute approximate surface area is 157 Å². The van der Waals surface area contributed by atoms with Gasteiger partial charge in [0.05, 0.1) is 18.4 Å². The molecule has 0 atom stereocenters. The van der Waals surface area contributed by atoms with Gasteiger partial charge in [-0.2, -0.15) is 5.10 Å². The molecule has 0 aliphatic carbocycles. The van der Waals surface area contributed by atoms with Gasteiger partial charge in [0.25, 0.3) is 5.56 Å². The second-order valence-corrected chi connectivity index (χ2v) is 6.41.